The highest BCUT2D eigenvalue weighted by atomic mass is 28.5. The summed E-state index contributed by atoms with van der Waals surface area (Å²) in [4.78, 5) is 0. The molecule has 0 aromatic heterocycles. The van der Waals surface area contributed by atoms with Crippen LogP contribution in [0.15, 0.2) is 0 Å². The van der Waals surface area contributed by atoms with E-state index >= 15 is 0 Å². The fraction of sp³-hybridized carbons (Fsp3) is 1.00. The Morgan fingerprint density at radius 2 is 0.806 bits per heavy atom. The Kier molecular flexibility index (Phi) is 13.2. The first-order valence-corrected chi connectivity index (χ1v) is 23.8. The molecule has 1 aliphatic rings. The molecule has 36 heavy (non-hydrogen) atoms. The third-order valence-electron chi connectivity index (χ3n) is 6.08. The van der Waals surface area contributed by atoms with Crippen LogP contribution in [0.3, 0.4) is 0 Å². The summed E-state index contributed by atoms with van der Waals surface area (Å²) in [6, 6.07) is 2.90. The maximum Gasteiger partial charge on any atom is 0.317 e. The molecule has 0 radical (unpaired) electrons. The summed E-state index contributed by atoms with van der Waals surface area (Å²) >= 11 is 0. The average molecular weight is 580 g/mol. The summed E-state index contributed by atoms with van der Waals surface area (Å²) < 4.78 is 27.8. The van der Waals surface area contributed by atoms with Crippen molar-refractivity contribution in [2.45, 2.75) is 143 Å². The van der Waals surface area contributed by atoms with Gasteiger partial charge in [0.05, 0.1) is 0 Å². The van der Waals surface area contributed by atoms with Crippen molar-refractivity contribution in [3.8, 4) is 0 Å². The largest absolute Gasteiger partial charge is 0.418 e. The molecule has 0 aliphatic carbocycles. The fourth-order valence-electron chi connectivity index (χ4n) is 4.65. The highest BCUT2D eigenvalue weighted by Gasteiger charge is 2.51. The zero-order chi connectivity index (χ0) is 27.9. The molecule has 3 N–H and O–H groups in total. The van der Waals surface area contributed by atoms with Crippen molar-refractivity contribution in [1.82, 2.24) is 16.0 Å². The summed E-state index contributed by atoms with van der Waals surface area (Å²) in [5, 5.41) is 10.9. The second kappa shape index (κ2) is 13.8. The first-order chi connectivity index (χ1) is 16.1. The maximum absolute atomic E-state index is 7.11. The van der Waals surface area contributed by atoms with E-state index < -0.39 is 35.0 Å². The van der Waals surface area contributed by atoms with Gasteiger partial charge in [-0.1, -0.05) is 0 Å². The average Bonchev–Trinajstić information content (AvgIpc) is 2.62. The molecule has 0 aromatic carbocycles. The van der Waals surface area contributed by atoms with Gasteiger partial charge in [-0.05, 0) is 146 Å². The van der Waals surface area contributed by atoms with Gasteiger partial charge in [-0.3, -0.25) is 0 Å². The van der Waals surface area contributed by atoms with Crippen LogP contribution >= 0.6 is 0 Å². The van der Waals surface area contributed by atoms with Crippen molar-refractivity contribution in [3.63, 3.8) is 0 Å². The zero-order valence-electron chi connectivity index (χ0n) is 26.1. The highest BCUT2D eigenvalue weighted by molar-refractivity contribution is 6.90. The summed E-state index contributed by atoms with van der Waals surface area (Å²) in [7, 11) is -9.18. The van der Waals surface area contributed by atoms with Gasteiger partial charge in [-0.25, -0.2) is 0 Å². The van der Waals surface area contributed by atoms with E-state index in [2.05, 4.69) is 104 Å². The molecule has 1 fully saturated rings. The molecule has 0 saturated carbocycles. The molecule has 1 saturated heterocycles. The van der Waals surface area contributed by atoms with E-state index in [-0.39, 0.29) is 16.6 Å². The highest BCUT2D eigenvalue weighted by Crippen LogP contribution is 2.34. The second-order valence-electron chi connectivity index (χ2n) is 14.2. The lowest BCUT2D eigenvalue weighted by molar-refractivity contribution is 0.235. The Balaban J connectivity index is 2.96. The maximum atomic E-state index is 7.11. The third kappa shape index (κ3) is 15.9. The van der Waals surface area contributed by atoms with Gasteiger partial charge in [0.1, 0.15) is 0 Å². The van der Waals surface area contributed by atoms with Gasteiger partial charge >= 0.3 is 35.0 Å². The summed E-state index contributed by atoms with van der Waals surface area (Å²) in [6.45, 7) is 31.8. The van der Waals surface area contributed by atoms with Crippen LogP contribution in [0.4, 0.5) is 0 Å². The lowest BCUT2D eigenvalue weighted by atomic mass is 10.1. The lowest BCUT2D eigenvalue weighted by Gasteiger charge is -2.47. The van der Waals surface area contributed by atoms with Crippen LogP contribution < -0.4 is 16.0 Å². The second-order valence-corrected chi connectivity index (χ2v) is 27.2. The Hall–Kier alpha value is 0.588. The van der Waals surface area contributed by atoms with Gasteiger partial charge in [0, 0.05) is 16.6 Å². The molecule has 11 heteroatoms. The molecule has 0 bridgehead atoms. The van der Waals surface area contributed by atoms with Gasteiger partial charge in [0.15, 0.2) is 0 Å². The minimum absolute atomic E-state index is 0.116. The monoisotopic (exact) mass is 579 g/mol. The van der Waals surface area contributed by atoms with Crippen LogP contribution in [-0.2, 0) is 16.5 Å². The molecule has 1 rings (SSSR count). The SMILES string of the molecule is C[SiH]1O[Si](C)(CCCNC(C)(C)C)O[Si](C)(CCCNC(C)(C)C)O[Si](C)(CCCNC(C)(C)C)O1. The normalized spacial score (nSPS) is 30.8. The molecule has 216 valence electrons. The quantitative estimate of drug-likeness (QED) is 0.209. The summed E-state index contributed by atoms with van der Waals surface area (Å²) in [5.41, 5.74) is 0.362. The lowest BCUT2D eigenvalue weighted by Crippen LogP contribution is -2.63. The van der Waals surface area contributed by atoms with Crippen molar-refractivity contribution in [3.05, 3.63) is 0 Å². The molecule has 0 aromatic rings. The number of hydrogen-bond acceptors (Lipinski definition) is 7. The molecule has 0 spiro atoms. The van der Waals surface area contributed by atoms with E-state index in [0.29, 0.717) is 0 Å². The standard InChI is InChI=1S/C25H61N3O4Si4/c1-23(2,3)26-17-14-20-34(11)29-33(10)30-35(12,21-15-18-27-24(4,5)6)32-36(13,31-34)22-16-19-28-25(7,8)9/h26-28,33H,14-22H2,1-13H3. The minimum atomic E-state index is -2.49. The first kappa shape index (κ1) is 34.6. The third-order valence-corrected chi connectivity index (χ3v) is 23.4. The predicted molar refractivity (Wildman–Crippen MR) is 164 cm³/mol. The van der Waals surface area contributed by atoms with Gasteiger partial charge in [-0.2, -0.15) is 0 Å². The molecular weight excluding hydrogens is 519 g/mol. The van der Waals surface area contributed by atoms with Crippen LogP contribution in [0.5, 0.6) is 0 Å². The van der Waals surface area contributed by atoms with Gasteiger partial charge < -0.3 is 32.4 Å². The predicted octanol–water partition coefficient (Wildman–Crippen LogP) is 5.47. The Bertz CT molecular complexity index is 615. The first-order valence-electron chi connectivity index (χ1n) is 14.1. The van der Waals surface area contributed by atoms with Crippen molar-refractivity contribution in [2.24, 2.45) is 0 Å². The van der Waals surface area contributed by atoms with Crippen molar-refractivity contribution in [2.75, 3.05) is 19.6 Å². The van der Waals surface area contributed by atoms with Crippen molar-refractivity contribution in [1.29, 1.82) is 0 Å². The Labute approximate surface area is 229 Å². The molecule has 1 aliphatic heterocycles. The molecule has 2 atom stereocenters. The van der Waals surface area contributed by atoms with Crippen molar-refractivity contribution >= 4 is 35.0 Å². The van der Waals surface area contributed by atoms with Gasteiger partial charge in [0.2, 0.25) is 0 Å². The van der Waals surface area contributed by atoms with Crippen LogP contribution in [0, 0.1) is 0 Å². The van der Waals surface area contributed by atoms with E-state index in [4.69, 9.17) is 16.5 Å². The van der Waals surface area contributed by atoms with E-state index in [9.17, 15) is 0 Å². The van der Waals surface area contributed by atoms with Crippen LogP contribution in [0.1, 0.15) is 81.6 Å². The number of hydrogen-bond donors (Lipinski definition) is 3. The molecular formula is C25H61N3O4Si4. The minimum Gasteiger partial charge on any atom is -0.418 e. The molecule has 2 unspecified atom stereocenters. The van der Waals surface area contributed by atoms with Crippen molar-refractivity contribution < 1.29 is 16.5 Å². The van der Waals surface area contributed by atoms with Crippen LogP contribution in [-0.4, -0.2) is 71.2 Å². The Morgan fingerprint density at radius 1 is 0.528 bits per heavy atom. The topological polar surface area (TPSA) is 73.0 Å². The zero-order valence-corrected chi connectivity index (χ0v) is 30.2. The van der Waals surface area contributed by atoms with Gasteiger partial charge in [0.25, 0.3) is 0 Å². The Morgan fingerprint density at radius 3 is 1.08 bits per heavy atom. The molecule has 1 heterocycles. The smallest absolute Gasteiger partial charge is 0.317 e. The summed E-state index contributed by atoms with van der Waals surface area (Å²) in [5.74, 6) is 0. The fourth-order valence-corrected chi connectivity index (χ4v) is 25.0. The number of nitrogens with one attached hydrogen (secondary N) is 3. The number of rotatable bonds is 12. The van der Waals surface area contributed by atoms with E-state index in [1.54, 1.807) is 0 Å². The molecule has 0 amide bonds. The van der Waals surface area contributed by atoms with E-state index in [1.165, 1.54) is 0 Å². The van der Waals surface area contributed by atoms with Crippen LogP contribution in [0.25, 0.3) is 0 Å². The molecule has 7 nitrogen and oxygen atoms in total. The van der Waals surface area contributed by atoms with E-state index in [0.717, 1.165) is 57.0 Å². The van der Waals surface area contributed by atoms with Crippen LogP contribution in [0.2, 0.25) is 44.3 Å². The summed E-state index contributed by atoms with van der Waals surface area (Å²) in [6.07, 6.45) is 3.13. The van der Waals surface area contributed by atoms with Gasteiger partial charge in [-0.15, -0.1) is 0 Å². The van der Waals surface area contributed by atoms with E-state index in [1.807, 2.05) is 0 Å².